The Morgan fingerprint density at radius 3 is 2.58 bits per heavy atom. The molecule has 1 aliphatic rings. The van der Waals surface area contributed by atoms with E-state index in [-0.39, 0.29) is 6.04 Å². The number of rotatable bonds is 4. The maximum atomic E-state index is 12.3. The first kappa shape index (κ1) is 18.5. The molecule has 1 saturated carbocycles. The lowest BCUT2D eigenvalue weighted by molar-refractivity contribution is -0.123. The van der Waals surface area contributed by atoms with Crippen molar-refractivity contribution in [2.24, 2.45) is 0 Å². The number of urea groups is 1. The van der Waals surface area contributed by atoms with Crippen LogP contribution in [-0.2, 0) is 4.79 Å². The molecule has 9 heteroatoms. The van der Waals surface area contributed by atoms with Crippen LogP contribution in [0.4, 0.5) is 4.79 Å². The van der Waals surface area contributed by atoms with Crippen molar-refractivity contribution in [3.05, 3.63) is 28.7 Å². The highest BCUT2D eigenvalue weighted by atomic mass is 79.9. The lowest BCUT2D eigenvalue weighted by Crippen LogP contribution is -2.47. The van der Waals surface area contributed by atoms with E-state index in [1.165, 1.54) is 11.2 Å². The molecule has 1 aromatic heterocycles. The lowest BCUT2D eigenvalue weighted by Gasteiger charge is -2.22. The molecule has 3 rings (SSSR count). The summed E-state index contributed by atoms with van der Waals surface area (Å²) in [5.74, 6) is -0.0538. The molecule has 0 bridgehead atoms. The van der Waals surface area contributed by atoms with Crippen LogP contribution in [0.25, 0.3) is 11.4 Å². The van der Waals surface area contributed by atoms with Gasteiger partial charge in [-0.2, -0.15) is 4.80 Å². The van der Waals surface area contributed by atoms with E-state index >= 15 is 0 Å². The van der Waals surface area contributed by atoms with Gasteiger partial charge in [0, 0.05) is 16.1 Å². The standard InChI is InChI=1S/C17H21BrN6O2/c1-11(16(25)20-17(26)19-14-5-3-2-4-6-14)24-22-15(21-23-24)12-7-9-13(18)10-8-12/h7-11,14H,2-6H2,1H3,(H2,19,20,25,26). The number of amides is 3. The molecule has 0 spiro atoms. The smallest absolute Gasteiger partial charge is 0.321 e. The predicted octanol–water partition coefficient (Wildman–Crippen LogP) is 2.82. The minimum absolute atomic E-state index is 0.139. The highest BCUT2D eigenvalue weighted by Gasteiger charge is 2.22. The SMILES string of the molecule is CC(C(=O)NC(=O)NC1CCCCC1)n1nnc(-c2ccc(Br)cc2)n1. The van der Waals surface area contributed by atoms with Crippen molar-refractivity contribution in [2.45, 2.75) is 51.1 Å². The first-order chi connectivity index (χ1) is 12.5. The topological polar surface area (TPSA) is 102 Å². The van der Waals surface area contributed by atoms with Crippen LogP contribution in [0.1, 0.15) is 45.1 Å². The Morgan fingerprint density at radius 1 is 1.19 bits per heavy atom. The Morgan fingerprint density at radius 2 is 1.88 bits per heavy atom. The van der Waals surface area contributed by atoms with E-state index < -0.39 is 18.0 Å². The lowest BCUT2D eigenvalue weighted by atomic mass is 9.96. The average molecular weight is 421 g/mol. The van der Waals surface area contributed by atoms with Crippen molar-refractivity contribution < 1.29 is 9.59 Å². The summed E-state index contributed by atoms with van der Waals surface area (Å²) in [4.78, 5) is 25.5. The molecule has 2 N–H and O–H groups in total. The van der Waals surface area contributed by atoms with E-state index in [1.807, 2.05) is 24.3 Å². The van der Waals surface area contributed by atoms with Gasteiger partial charge in [-0.3, -0.25) is 10.1 Å². The van der Waals surface area contributed by atoms with Crippen LogP contribution < -0.4 is 10.6 Å². The van der Waals surface area contributed by atoms with Gasteiger partial charge in [0.2, 0.25) is 5.82 Å². The highest BCUT2D eigenvalue weighted by Crippen LogP contribution is 2.18. The van der Waals surface area contributed by atoms with Gasteiger partial charge < -0.3 is 5.32 Å². The second-order valence-corrected chi connectivity index (χ2v) is 7.33. The Balaban J connectivity index is 1.58. The van der Waals surface area contributed by atoms with E-state index in [4.69, 9.17) is 0 Å². The van der Waals surface area contributed by atoms with Gasteiger partial charge in [0.15, 0.2) is 0 Å². The number of aromatic nitrogens is 4. The molecule has 0 saturated heterocycles. The molecule has 8 nitrogen and oxygen atoms in total. The zero-order valence-corrected chi connectivity index (χ0v) is 16.1. The Bertz CT molecular complexity index is 770. The third-order valence-corrected chi connectivity index (χ3v) is 4.96. The number of hydrogen-bond donors (Lipinski definition) is 2. The molecule has 1 atom stereocenters. The van der Waals surface area contributed by atoms with Gasteiger partial charge in [0.25, 0.3) is 5.91 Å². The second kappa shape index (κ2) is 8.39. The van der Waals surface area contributed by atoms with E-state index in [0.29, 0.717) is 5.82 Å². The van der Waals surface area contributed by atoms with Crippen molar-refractivity contribution in [3.63, 3.8) is 0 Å². The van der Waals surface area contributed by atoms with Crippen LogP contribution in [0.15, 0.2) is 28.7 Å². The Hall–Kier alpha value is -2.29. The van der Waals surface area contributed by atoms with E-state index in [0.717, 1.165) is 35.7 Å². The van der Waals surface area contributed by atoms with Crippen molar-refractivity contribution in [2.75, 3.05) is 0 Å². The third-order valence-electron chi connectivity index (χ3n) is 4.43. The van der Waals surface area contributed by atoms with Crippen LogP contribution in [0, 0.1) is 0 Å². The molecule has 1 heterocycles. The maximum absolute atomic E-state index is 12.3. The first-order valence-electron chi connectivity index (χ1n) is 8.70. The molecule has 1 fully saturated rings. The molecule has 138 valence electrons. The normalized spacial score (nSPS) is 16.1. The molecule has 2 aromatic rings. The molecule has 1 aromatic carbocycles. The zero-order chi connectivity index (χ0) is 18.5. The monoisotopic (exact) mass is 420 g/mol. The van der Waals surface area contributed by atoms with Crippen LogP contribution in [0.5, 0.6) is 0 Å². The van der Waals surface area contributed by atoms with Gasteiger partial charge in [-0.05, 0) is 49.2 Å². The summed E-state index contributed by atoms with van der Waals surface area (Å²) in [6.45, 7) is 1.62. The van der Waals surface area contributed by atoms with E-state index in [1.54, 1.807) is 6.92 Å². The molecule has 1 unspecified atom stereocenters. The predicted molar refractivity (Wildman–Crippen MR) is 99.2 cm³/mol. The summed E-state index contributed by atoms with van der Waals surface area (Å²) < 4.78 is 0.949. The van der Waals surface area contributed by atoms with Crippen molar-refractivity contribution >= 4 is 27.9 Å². The van der Waals surface area contributed by atoms with Gasteiger partial charge in [-0.15, -0.1) is 10.2 Å². The maximum Gasteiger partial charge on any atom is 0.321 e. The number of tetrazole rings is 1. The summed E-state index contributed by atoms with van der Waals surface area (Å²) in [6.07, 6.45) is 5.33. The Labute approximate surface area is 159 Å². The van der Waals surface area contributed by atoms with Gasteiger partial charge in [0.05, 0.1) is 0 Å². The zero-order valence-electron chi connectivity index (χ0n) is 14.5. The van der Waals surface area contributed by atoms with Crippen molar-refractivity contribution in [3.8, 4) is 11.4 Å². The van der Waals surface area contributed by atoms with Gasteiger partial charge in [0.1, 0.15) is 6.04 Å². The van der Waals surface area contributed by atoms with Crippen LogP contribution in [0.2, 0.25) is 0 Å². The van der Waals surface area contributed by atoms with E-state index in [2.05, 4.69) is 42.0 Å². The number of hydrogen-bond acceptors (Lipinski definition) is 5. The number of benzene rings is 1. The highest BCUT2D eigenvalue weighted by molar-refractivity contribution is 9.10. The summed E-state index contributed by atoms with van der Waals surface area (Å²) in [5, 5.41) is 17.4. The molecule has 1 aliphatic carbocycles. The minimum atomic E-state index is -0.746. The van der Waals surface area contributed by atoms with Crippen molar-refractivity contribution in [1.82, 2.24) is 30.8 Å². The number of carbonyl (C=O) groups excluding carboxylic acids is 2. The number of imide groups is 1. The van der Waals surface area contributed by atoms with Crippen LogP contribution >= 0.6 is 15.9 Å². The fourth-order valence-corrected chi connectivity index (χ4v) is 3.16. The Kier molecular flexibility index (Phi) is 5.97. The van der Waals surface area contributed by atoms with Crippen LogP contribution in [-0.4, -0.2) is 38.2 Å². The summed E-state index contributed by atoms with van der Waals surface area (Å²) in [7, 11) is 0. The van der Waals surface area contributed by atoms with E-state index in [9.17, 15) is 9.59 Å². The number of nitrogens with zero attached hydrogens (tertiary/aromatic N) is 4. The quantitative estimate of drug-likeness (QED) is 0.791. The molecular formula is C17H21BrN6O2. The van der Waals surface area contributed by atoms with Gasteiger partial charge in [-0.1, -0.05) is 35.2 Å². The molecule has 3 amide bonds. The molecule has 0 aliphatic heterocycles. The number of nitrogens with one attached hydrogen (secondary N) is 2. The number of halogens is 1. The number of carbonyl (C=O) groups is 2. The van der Waals surface area contributed by atoms with Gasteiger partial charge >= 0.3 is 6.03 Å². The van der Waals surface area contributed by atoms with Crippen molar-refractivity contribution in [1.29, 1.82) is 0 Å². The summed E-state index contributed by atoms with van der Waals surface area (Å²) in [6, 6.07) is 6.39. The minimum Gasteiger partial charge on any atom is -0.335 e. The second-order valence-electron chi connectivity index (χ2n) is 6.41. The largest absolute Gasteiger partial charge is 0.335 e. The van der Waals surface area contributed by atoms with Crippen LogP contribution in [0.3, 0.4) is 0 Å². The molecular weight excluding hydrogens is 400 g/mol. The fraction of sp³-hybridized carbons (Fsp3) is 0.471. The first-order valence-corrected chi connectivity index (χ1v) is 9.49. The fourth-order valence-electron chi connectivity index (χ4n) is 2.89. The average Bonchev–Trinajstić information content (AvgIpc) is 3.12. The third kappa shape index (κ3) is 4.66. The summed E-state index contributed by atoms with van der Waals surface area (Å²) in [5.41, 5.74) is 0.794. The molecule has 0 radical (unpaired) electrons. The molecule has 26 heavy (non-hydrogen) atoms. The summed E-state index contributed by atoms with van der Waals surface area (Å²) >= 11 is 3.37. The van der Waals surface area contributed by atoms with Gasteiger partial charge in [-0.25, -0.2) is 4.79 Å².